The lowest BCUT2D eigenvalue weighted by Gasteiger charge is -2.35. The van der Waals surface area contributed by atoms with Gasteiger partial charge in [-0.15, -0.1) is 0 Å². The quantitative estimate of drug-likeness (QED) is 0.938. The van der Waals surface area contributed by atoms with Gasteiger partial charge in [-0.25, -0.2) is 0 Å². The molecule has 0 saturated carbocycles. The minimum atomic E-state index is -0.821. The molecular formula is C17H21NO3. The Hall–Kier alpha value is -1.81. The summed E-state index contributed by atoms with van der Waals surface area (Å²) in [5, 5.41) is 10.5. The summed E-state index contributed by atoms with van der Waals surface area (Å²) >= 11 is 0. The first-order valence-corrected chi connectivity index (χ1v) is 7.53. The maximum atomic E-state index is 11.3. The van der Waals surface area contributed by atoms with Gasteiger partial charge < -0.3 is 14.4 Å². The molecule has 4 nitrogen and oxygen atoms in total. The van der Waals surface area contributed by atoms with E-state index in [0.29, 0.717) is 6.61 Å². The van der Waals surface area contributed by atoms with Gasteiger partial charge in [0.05, 0.1) is 18.7 Å². The standard InChI is InChI=1S/C17H21NO3/c1-3-9-18-14-7-5-4-6-12(14)13-8-10-21-17(2,16(13)18)11-15(19)20/h4-7H,3,8-11H2,1-2H3,(H,19,20). The predicted molar refractivity (Wildman–Crippen MR) is 81.5 cm³/mol. The molecule has 3 rings (SSSR count). The van der Waals surface area contributed by atoms with E-state index in [1.54, 1.807) is 0 Å². The first kappa shape index (κ1) is 14.1. The van der Waals surface area contributed by atoms with Crippen LogP contribution in [0.2, 0.25) is 0 Å². The molecular weight excluding hydrogens is 266 g/mol. The van der Waals surface area contributed by atoms with Gasteiger partial charge in [0.2, 0.25) is 0 Å². The molecule has 21 heavy (non-hydrogen) atoms. The minimum Gasteiger partial charge on any atom is -0.481 e. The number of carbonyl (C=O) groups is 1. The molecule has 1 N–H and O–H groups in total. The van der Waals surface area contributed by atoms with Gasteiger partial charge in [0, 0.05) is 17.4 Å². The zero-order valence-corrected chi connectivity index (χ0v) is 12.6. The van der Waals surface area contributed by atoms with Crippen LogP contribution in [0.3, 0.4) is 0 Å². The molecule has 1 atom stereocenters. The molecule has 112 valence electrons. The van der Waals surface area contributed by atoms with Crippen LogP contribution < -0.4 is 0 Å². The second-order valence-electron chi connectivity index (χ2n) is 5.90. The van der Waals surface area contributed by atoms with E-state index >= 15 is 0 Å². The van der Waals surface area contributed by atoms with Gasteiger partial charge in [0.25, 0.3) is 0 Å². The second-order valence-corrected chi connectivity index (χ2v) is 5.90. The molecule has 0 spiro atoms. The molecule has 0 saturated heterocycles. The molecule has 0 amide bonds. The highest BCUT2D eigenvalue weighted by atomic mass is 16.5. The van der Waals surface area contributed by atoms with Crippen molar-refractivity contribution in [3.8, 4) is 0 Å². The maximum absolute atomic E-state index is 11.3. The van der Waals surface area contributed by atoms with Gasteiger partial charge in [-0.05, 0) is 31.4 Å². The van der Waals surface area contributed by atoms with E-state index in [2.05, 4.69) is 23.6 Å². The van der Waals surface area contributed by atoms with Crippen LogP contribution in [0.5, 0.6) is 0 Å². The molecule has 2 aromatic rings. The molecule has 1 unspecified atom stereocenters. The summed E-state index contributed by atoms with van der Waals surface area (Å²) in [6.07, 6.45) is 1.86. The number of fused-ring (bicyclic) bond motifs is 3. The zero-order valence-electron chi connectivity index (χ0n) is 12.6. The SMILES string of the molecule is CCCn1c2c(c3ccccc31)CCOC2(C)CC(=O)O. The first-order valence-electron chi connectivity index (χ1n) is 7.53. The predicted octanol–water partition coefficient (Wildman–Crippen LogP) is 3.31. The lowest BCUT2D eigenvalue weighted by atomic mass is 9.90. The van der Waals surface area contributed by atoms with Crippen molar-refractivity contribution < 1.29 is 14.6 Å². The highest BCUT2D eigenvalue weighted by Crippen LogP contribution is 2.41. The van der Waals surface area contributed by atoms with Crippen LogP contribution in [0.1, 0.15) is 37.9 Å². The van der Waals surface area contributed by atoms with E-state index in [4.69, 9.17) is 4.74 Å². The summed E-state index contributed by atoms with van der Waals surface area (Å²) in [5.74, 6) is -0.821. The fourth-order valence-electron chi connectivity index (χ4n) is 3.56. The van der Waals surface area contributed by atoms with Crippen LogP contribution in [0.25, 0.3) is 10.9 Å². The highest BCUT2D eigenvalue weighted by molar-refractivity contribution is 5.86. The average Bonchev–Trinajstić information content (AvgIpc) is 2.75. The first-order chi connectivity index (χ1) is 10.1. The molecule has 0 fully saturated rings. The van der Waals surface area contributed by atoms with Crippen molar-refractivity contribution in [1.82, 2.24) is 4.57 Å². The number of aromatic nitrogens is 1. The Morgan fingerprint density at radius 3 is 2.90 bits per heavy atom. The number of hydrogen-bond donors (Lipinski definition) is 1. The normalized spacial score (nSPS) is 21.4. The summed E-state index contributed by atoms with van der Waals surface area (Å²) in [5.41, 5.74) is 2.76. The number of aryl methyl sites for hydroxylation is 1. The van der Waals surface area contributed by atoms with Crippen molar-refractivity contribution >= 4 is 16.9 Å². The smallest absolute Gasteiger partial charge is 0.306 e. The summed E-state index contributed by atoms with van der Waals surface area (Å²) in [6.45, 7) is 5.51. The molecule has 0 bridgehead atoms. The zero-order chi connectivity index (χ0) is 15.0. The lowest BCUT2D eigenvalue weighted by Crippen LogP contribution is -2.36. The van der Waals surface area contributed by atoms with Gasteiger partial charge >= 0.3 is 5.97 Å². The van der Waals surface area contributed by atoms with Crippen LogP contribution in [-0.4, -0.2) is 22.2 Å². The van der Waals surface area contributed by atoms with Crippen LogP contribution >= 0.6 is 0 Å². The maximum Gasteiger partial charge on any atom is 0.306 e. The Labute approximate surface area is 124 Å². The largest absolute Gasteiger partial charge is 0.481 e. The van der Waals surface area contributed by atoms with Gasteiger partial charge in [-0.2, -0.15) is 0 Å². The van der Waals surface area contributed by atoms with Crippen molar-refractivity contribution in [1.29, 1.82) is 0 Å². The number of para-hydroxylation sites is 1. The van der Waals surface area contributed by atoms with Crippen LogP contribution in [0.15, 0.2) is 24.3 Å². The van der Waals surface area contributed by atoms with Gasteiger partial charge in [-0.1, -0.05) is 25.1 Å². The topological polar surface area (TPSA) is 51.5 Å². The van der Waals surface area contributed by atoms with E-state index in [1.165, 1.54) is 16.5 Å². The fraction of sp³-hybridized carbons (Fsp3) is 0.471. The van der Waals surface area contributed by atoms with Gasteiger partial charge in [-0.3, -0.25) is 4.79 Å². The summed E-state index contributed by atoms with van der Waals surface area (Å²) in [6, 6.07) is 8.33. The van der Waals surface area contributed by atoms with Crippen molar-refractivity contribution in [3.05, 3.63) is 35.5 Å². The number of ether oxygens (including phenoxy) is 1. The number of nitrogens with zero attached hydrogens (tertiary/aromatic N) is 1. The third-order valence-electron chi connectivity index (χ3n) is 4.29. The lowest BCUT2D eigenvalue weighted by molar-refractivity contribution is -0.146. The van der Waals surface area contributed by atoms with Crippen molar-refractivity contribution in [3.63, 3.8) is 0 Å². The third kappa shape index (κ3) is 2.23. The Kier molecular flexibility index (Phi) is 3.49. The number of aliphatic carboxylic acids is 1. The monoisotopic (exact) mass is 287 g/mol. The van der Waals surface area contributed by atoms with E-state index in [1.807, 2.05) is 19.1 Å². The number of rotatable bonds is 4. The molecule has 0 aliphatic carbocycles. The van der Waals surface area contributed by atoms with Crippen molar-refractivity contribution in [2.45, 2.75) is 45.3 Å². The molecule has 1 aromatic carbocycles. The third-order valence-corrected chi connectivity index (χ3v) is 4.29. The number of benzene rings is 1. The number of carboxylic acids is 1. The van der Waals surface area contributed by atoms with E-state index in [-0.39, 0.29) is 6.42 Å². The molecule has 1 aliphatic heterocycles. The van der Waals surface area contributed by atoms with Crippen molar-refractivity contribution in [2.24, 2.45) is 0 Å². The molecule has 1 aliphatic rings. The highest BCUT2D eigenvalue weighted by Gasteiger charge is 2.39. The van der Waals surface area contributed by atoms with Crippen LogP contribution in [0.4, 0.5) is 0 Å². The van der Waals surface area contributed by atoms with E-state index in [9.17, 15) is 9.90 Å². The fourth-order valence-corrected chi connectivity index (χ4v) is 3.56. The second kappa shape index (κ2) is 5.19. The van der Waals surface area contributed by atoms with E-state index in [0.717, 1.165) is 25.1 Å². The Morgan fingerprint density at radius 1 is 1.43 bits per heavy atom. The van der Waals surface area contributed by atoms with E-state index < -0.39 is 11.6 Å². The summed E-state index contributed by atoms with van der Waals surface area (Å²) in [7, 11) is 0. The van der Waals surface area contributed by atoms with Crippen LogP contribution in [-0.2, 0) is 28.1 Å². The number of carboxylic acid groups (broad SMARTS) is 1. The van der Waals surface area contributed by atoms with Gasteiger partial charge in [0.15, 0.2) is 0 Å². The van der Waals surface area contributed by atoms with Crippen LogP contribution in [0, 0.1) is 0 Å². The van der Waals surface area contributed by atoms with Crippen molar-refractivity contribution in [2.75, 3.05) is 6.61 Å². The Bertz CT molecular complexity index is 689. The molecule has 4 heteroatoms. The minimum absolute atomic E-state index is 0.0000359. The molecule has 2 heterocycles. The summed E-state index contributed by atoms with van der Waals surface area (Å²) < 4.78 is 8.17. The average molecular weight is 287 g/mol. The Morgan fingerprint density at radius 2 is 2.19 bits per heavy atom. The van der Waals surface area contributed by atoms with Gasteiger partial charge in [0.1, 0.15) is 5.60 Å². The molecule has 1 aromatic heterocycles. The number of hydrogen-bond acceptors (Lipinski definition) is 2. The molecule has 0 radical (unpaired) electrons. The summed E-state index contributed by atoms with van der Waals surface area (Å²) in [4.78, 5) is 11.3. The Balaban J connectivity index is 2.27.